The minimum Gasteiger partial charge on any atom is -0.372 e. The molecule has 1 amide bonds. The summed E-state index contributed by atoms with van der Waals surface area (Å²) in [5, 5.41) is 8.60. The number of carbonyl (C=O) groups excluding carboxylic acids is 1. The molecule has 2 aliphatic heterocycles. The van der Waals surface area contributed by atoms with E-state index in [4.69, 9.17) is 16.3 Å². The molecule has 0 saturated carbocycles. The lowest BCUT2D eigenvalue weighted by atomic mass is 10.1. The monoisotopic (exact) mass is 425 g/mol. The number of hydrogen-bond donors (Lipinski definition) is 1. The predicted molar refractivity (Wildman–Crippen MR) is 114 cm³/mol. The van der Waals surface area contributed by atoms with E-state index in [2.05, 4.69) is 15.4 Å². The second-order valence-electron chi connectivity index (χ2n) is 8.00. The van der Waals surface area contributed by atoms with Crippen LogP contribution in [0.5, 0.6) is 0 Å². The van der Waals surface area contributed by atoms with Gasteiger partial charge in [-0.15, -0.1) is 0 Å². The highest BCUT2D eigenvalue weighted by Crippen LogP contribution is 2.30. The fourth-order valence-electron chi connectivity index (χ4n) is 4.26. The van der Waals surface area contributed by atoms with Crippen LogP contribution in [0.25, 0.3) is 5.65 Å². The number of nitrogens with zero attached hydrogens (tertiary/aromatic N) is 4. The van der Waals surface area contributed by atoms with Gasteiger partial charge in [-0.1, -0.05) is 29.8 Å². The summed E-state index contributed by atoms with van der Waals surface area (Å²) < 4.78 is 7.80. The summed E-state index contributed by atoms with van der Waals surface area (Å²) in [6, 6.07) is 7.70. The molecule has 0 aliphatic carbocycles. The van der Waals surface area contributed by atoms with Crippen LogP contribution in [0.2, 0.25) is 5.02 Å². The number of halogens is 1. The largest absolute Gasteiger partial charge is 0.372 e. The summed E-state index contributed by atoms with van der Waals surface area (Å²) in [6.45, 7) is 7.08. The Morgan fingerprint density at radius 1 is 1.30 bits per heavy atom. The third kappa shape index (κ3) is 3.27. The number of ether oxygens (including phenoxy) is 1. The fourth-order valence-corrected chi connectivity index (χ4v) is 4.38. The van der Waals surface area contributed by atoms with Crippen LogP contribution in [-0.4, -0.2) is 44.6 Å². The normalized spacial score (nSPS) is 18.4. The number of rotatable bonds is 4. The molecule has 1 atom stereocenters. The molecule has 1 saturated heterocycles. The standard InChI is InChI=1S/C22H24ClN5O2/c1-13-20(23)14(2)28-21(25-13)18-10-27(11-19(18)26-28)22(29)17-6-4-3-5-15(17)12-30-16-7-8-24-9-16/h3-6,16,24H,7-12H2,1-2H3. The molecule has 0 bridgehead atoms. The van der Waals surface area contributed by atoms with Crippen LogP contribution in [0, 0.1) is 13.8 Å². The molecule has 30 heavy (non-hydrogen) atoms. The first-order valence-corrected chi connectivity index (χ1v) is 10.6. The Hall–Kier alpha value is -2.48. The summed E-state index contributed by atoms with van der Waals surface area (Å²) in [5.41, 5.74) is 5.92. The first-order valence-electron chi connectivity index (χ1n) is 10.3. The van der Waals surface area contributed by atoms with E-state index in [1.807, 2.05) is 43.0 Å². The van der Waals surface area contributed by atoms with Crippen molar-refractivity contribution in [3.63, 3.8) is 0 Å². The van der Waals surface area contributed by atoms with Crippen molar-refractivity contribution in [3.8, 4) is 0 Å². The lowest BCUT2D eigenvalue weighted by molar-refractivity contribution is 0.0525. The van der Waals surface area contributed by atoms with Crippen LogP contribution in [0.1, 0.15) is 45.0 Å². The molecule has 1 aromatic carbocycles. The van der Waals surface area contributed by atoms with Crippen LogP contribution >= 0.6 is 11.6 Å². The lowest BCUT2D eigenvalue weighted by Crippen LogP contribution is -2.27. The van der Waals surface area contributed by atoms with Crippen molar-refractivity contribution in [2.24, 2.45) is 0 Å². The van der Waals surface area contributed by atoms with Crippen molar-refractivity contribution in [2.75, 3.05) is 13.1 Å². The zero-order valence-electron chi connectivity index (χ0n) is 17.1. The molecule has 5 rings (SSSR count). The van der Waals surface area contributed by atoms with E-state index >= 15 is 0 Å². The van der Waals surface area contributed by atoms with Gasteiger partial charge in [-0.05, 0) is 38.4 Å². The van der Waals surface area contributed by atoms with Gasteiger partial charge in [0.15, 0.2) is 5.65 Å². The number of aromatic nitrogens is 3. The maximum absolute atomic E-state index is 13.3. The molecule has 7 nitrogen and oxygen atoms in total. The lowest BCUT2D eigenvalue weighted by Gasteiger charge is -2.19. The molecule has 8 heteroatoms. The van der Waals surface area contributed by atoms with E-state index in [1.54, 1.807) is 4.52 Å². The number of fused-ring (bicyclic) bond motifs is 3. The van der Waals surface area contributed by atoms with Crippen molar-refractivity contribution >= 4 is 23.2 Å². The van der Waals surface area contributed by atoms with E-state index in [0.29, 0.717) is 30.3 Å². The summed E-state index contributed by atoms with van der Waals surface area (Å²) in [4.78, 5) is 19.8. The van der Waals surface area contributed by atoms with Crippen molar-refractivity contribution in [2.45, 2.75) is 46.1 Å². The Morgan fingerprint density at radius 2 is 2.13 bits per heavy atom. The van der Waals surface area contributed by atoms with Gasteiger partial charge in [-0.25, -0.2) is 9.50 Å². The molecule has 0 radical (unpaired) electrons. The number of benzene rings is 1. The molecule has 1 fully saturated rings. The SMILES string of the molecule is Cc1nc2c3c(nn2c(C)c1Cl)CN(C(=O)c1ccccc1COC1CCNC1)C3. The Labute approximate surface area is 180 Å². The van der Waals surface area contributed by atoms with Crippen LogP contribution in [0.15, 0.2) is 24.3 Å². The molecule has 4 heterocycles. The molecule has 2 aliphatic rings. The number of amides is 1. The average molecular weight is 426 g/mol. The molecule has 3 aromatic rings. The van der Waals surface area contributed by atoms with Gasteiger partial charge in [0, 0.05) is 17.7 Å². The van der Waals surface area contributed by atoms with Crippen LogP contribution < -0.4 is 5.32 Å². The number of hydrogen-bond acceptors (Lipinski definition) is 5. The van der Waals surface area contributed by atoms with E-state index < -0.39 is 0 Å². The minimum atomic E-state index is -0.00250. The number of aryl methyl sites for hydroxylation is 2. The van der Waals surface area contributed by atoms with E-state index in [1.165, 1.54) is 0 Å². The number of nitrogens with one attached hydrogen (secondary N) is 1. The molecule has 2 aromatic heterocycles. The Balaban J connectivity index is 1.38. The summed E-state index contributed by atoms with van der Waals surface area (Å²) in [7, 11) is 0. The van der Waals surface area contributed by atoms with Crippen LogP contribution in [0.4, 0.5) is 0 Å². The smallest absolute Gasteiger partial charge is 0.254 e. The van der Waals surface area contributed by atoms with Gasteiger partial charge in [-0.2, -0.15) is 5.10 Å². The molecular weight excluding hydrogens is 402 g/mol. The van der Waals surface area contributed by atoms with Crippen molar-refractivity contribution in [3.05, 3.63) is 63.1 Å². The third-order valence-corrected chi connectivity index (χ3v) is 6.53. The predicted octanol–water partition coefficient (Wildman–Crippen LogP) is 3.03. The Bertz CT molecular complexity index is 1140. The Morgan fingerprint density at radius 3 is 2.93 bits per heavy atom. The third-order valence-electron chi connectivity index (χ3n) is 5.98. The van der Waals surface area contributed by atoms with Gasteiger partial charge >= 0.3 is 0 Å². The van der Waals surface area contributed by atoms with Crippen molar-refractivity contribution in [1.29, 1.82) is 0 Å². The first-order chi connectivity index (χ1) is 14.5. The molecule has 1 N–H and O–H groups in total. The first kappa shape index (κ1) is 19.5. The van der Waals surface area contributed by atoms with Gasteiger partial charge in [0.2, 0.25) is 0 Å². The fraction of sp³-hybridized carbons (Fsp3) is 0.409. The summed E-state index contributed by atoms with van der Waals surface area (Å²) >= 11 is 6.33. The highest BCUT2D eigenvalue weighted by Gasteiger charge is 2.31. The van der Waals surface area contributed by atoms with Gasteiger partial charge in [-0.3, -0.25) is 4.79 Å². The van der Waals surface area contributed by atoms with E-state index in [-0.39, 0.29) is 12.0 Å². The minimum absolute atomic E-state index is 0.00250. The number of carbonyl (C=O) groups is 1. The van der Waals surface area contributed by atoms with Crippen LogP contribution in [0.3, 0.4) is 0 Å². The van der Waals surface area contributed by atoms with Crippen molar-refractivity contribution < 1.29 is 9.53 Å². The topological polar surface area (TPSA) is 71.8 Å². The second kappa shape index (κ2) is 7.65. The highest BCUT2D eigenvalue weighted by molar-refractivity contribution is 6.31. The van der Waals surface area contributed by atoms with Gasteiger partial charge < -0.3 is 15.0 Å². The molecule has 156 valence electrons. The molecular formula is C22H24ClN5O2. The van der Waals surface area contributed by atoms with Crippen molar-refractivity contribution in [1.82, 2.24) is 24.8 Å². The zero-order valence-corrected chi connectivity index (χ0v) is 17.9. The maximum atomic E-state index is 13.3. The summed E-state index contributed by atoms with van der Waals surface area (Å²) in [5.74, 6) is -0.00250. The maximum Gasteiger partial charge on any atom is 0.254 e. The summed E-state index contributed by atoms with van der Waals surface area (Å²) in [6.07, 6.45) is 1.22. The zero-order chi connectivity index (χ0) is 20.8. The van der Waals surface area contributed by atoms with Gasteiger partial charge in [0.25, 0.3) is 5.91 Å². The van der Waals surface area contributed by atoms with E-state index in [9.17, 15) is 4.79 Å². The highest BCUT2D eigenvalue weighted by atomic mass is 35.5. The quantitative estimate of drug-likeness (QED) is 0.695. The Kier molecular flexibility index (Phi) is 4.97. The molecule has 1 unspecified atom stereocenters. The second-order valence-corrected chi connectivity index (χ2v) is 8.38. The average Bonchev–Trinajstić information content (AvgIpc) is 3.48. The van der Waals surface area contributed by atoms with E-state index in [0.717, 1.165) is 53.4 Å². The van der Waals surface area contributed by atoms with Gasteiger partial charge in [0.1, 0.15) is 0 Å². The van der Waals surface area contributed by atoms with Crippen LogP contribution in [-0.2, 0) is 24.4 Å². The van der Waals surface area contributed by atoms with Gasteiger partial charge in [0.05, 0.1) is 47.9 Å². The molecule has 0 spiro atoms.